The molecule has 0 radical (unpaired) electrons. The van der Waals surface area contributed by atoms with Crippen LogP contribution in [-0.2, 0) is 4.79 Å². The summed E-state index contributed by atoms with van der Waals surface area (Å²) >= 11 is 0. The van der Waals surface area contributed by atoms with E-state index < -0.39 is 5.54 Å². The van der Waals surface area contributed by atoms with Gasteiger partial charge in [-0.1, -0.05) is 104 Å². The Morgan fingerprint density at radius 2 is 1.18 bits per heavy atom. The fourth-order valence-electron chi connectivity index (χ4n) is 4.14. The summed E-state index contributed by atoms with van der Waals surface area (Å²) in [4.78, 5) is 13.4. The number of rotatable bonds is 21. The van der Waals surface area contributed by atoms with Crippen LogP contribution in [0.3, 0.4) is 0 Å². The SMILES string of the molecule is CCCCCCCCCCCCCCCC(CC)N(C=O)C(CC)(CO)CO. The average Bonchev–Trinajstić information content (AvgIpc) is 2.73. The highest BCUT2D eigenvalue weighted by Crippen LogP contribution is 2.25. The molecule has 2 N–H and O–H groups in total. The topological polar surface area (TPSA) is 60.8 Å². The molecule has 0 saturated carbocycles. The van der Waals surface area contributed by atoms with Crippen LogP contribution in [0.4, 0.5) is 0 Å². The number of amides is 1. The van der Waals surface area contributed by atoms with Crippen LogP contribution in [-0.4, -0.2) is 46.3 Å². The van der Waals surface area contributed by atoms with Gasteiger partial charge in [-0.25, -0.2) is 0 Å². The molecular weight excluding hydrogens is 350 g/mol. The molecule has 28 heavy (non-hydrogen) atoms. The molecule has 0 aliphatic rings. The Labute approximate surface area is 175 Å². The Morgan fingerprint density at radius 1 is 0.750 bits per heavy atom. The zero-order chi connectivity index (χ0) is 21.1. The van der Waals surface area contributed by atoms with E-state index in [1.54, 1.807) is 4.90 Å². The van der Waals surface area contributed by atoms with Crippen molar-refractivity contribution in [3.8, 4) is 0 Å². The molecule has 168 valence electrons. The monoisotopic (exact) mass is 399 g/mol. The van der Waals surface area contributed by atoms with Gasteiger partial charge in [0.15, 0.2) is 0 Å². The quantitative estimate of drug-likeness (QED) is 0.188. The van der Waals surface area contributed by atoms with Crippen molar-refractivity contribution in [3.63, 3.8) is 0 Å². The third kappa shape index (κ3) is 10.8. The van der Waals surface area contributed by atoms with Gasteiger partial charge in [0.05, 0.1) is 18.8 Å². The lowest BCUT2D eigenvalue weighted by Crippen LogP contribution is -2.57. The second-order valence-corrected chi connectivity index (χ2v) is 8.50. The zero-order valence-electron chi connectivity index (χ0n) is 19.1. The number of hydrogen-bond donors (Lipinski definition) is 2. The molecule has 0 aromatic heterocycles. The van der Waals surface area contributed by atoms with Crippen LogP contribution in [0.2, 0.25) is 0 Å². The third-order valence-electron chi connectivity index (χ3n) is 6.41. The molecule has 1 atom stereocenters. The molecule has 4 heteroatoms. The Morgan fingerprint density at radius 3 is 1.50 bits per heavy atom. The van der Waals surface area contributed by atoms with Crippen molar-refractivity contribution in [2.24, 2.45) is 0 Å². The summed E-state index contributed by atoms with van der Waals surface area (Å²) in [6.07, 6.45) is 20.6. The summed E-state index contributed by atoms with van der Waals surface area (Å²) in [6, 6.07) is 0.101. The van der Waals surface area contributed by atoms with Gasteiger partial charge in [-0.05, 0) is 19.3 Å². The van der Waals surface area contributed by atoms with Gasteiger partial charge >= 0.3 is 0 Å². The zero-order valence-corrected chi connectivity index (χ0v) is 19.1. The van der Waals surface area contributed by atoms with E-state index in [2.05, 4.69) is 13.8 Å². The van der Waals surface area contributed by atoms with Crippen molar-refractivity contribution >= 4 is 6.41 Å². The molecule has 0 aromatic rings. The fourth-order valence-corrected chi connectivity index (χ4v) is 4.14. The maximum absolute atomic E-state index is 11.7. The fraction of sp³-hybridized carbons (Fsp3) is 0.958. The molecule has 0 bridgehead atoms. The first-order chi connectivity index (χ1) is 13.7. The van der Waals surface area contributed by atoms with Gasteiger partial charge < -0.3 is 15.1 Å². The van der Waals surface area contributed by atoms with E-state index in [0.717, 1.165) is 25.7 Å². The number of hydrogen-bond acceptors (Lipinski definition) is 3. The Hall–Kier alpha value is -0.610. The van der Waals surface area contributed by atoms with Crippen molar-refractivity contribution in [3.05, 3.63) is 0 Å². The molecular formula is C24H49NO3. The lowest BCUT2D eigenvalue weighted by atomic mass is 9.92. The summed E-state index contributed by atoms with van der Waals surface area (Å²) in [6.45, 7) is 5.89. The highest BCUT2D eigenvalue weighted by molar-refractivity contribution is 5.50. The minimum absolute atomic E-state index is 0.101. The molecule has 0 saturated heterocycles. The van der Waals surface area contributed by atoms with Gasteiger partial charge in [0.25, 0.3) is 0 Å². The molecule has 4 nitrogen and oxygen atoms in total. The number of carbonyl (C=O) groups is 1. The maximum Gasteiger partial charge on any atom is 0.210 e. The van der Waals surface area contributed by atoms with Gasteiger partial charge in [-0.2, -0.15) is 0 Å². The van der Waals surface area contributed by atoms with E-state index in [4.69, 9.17) is 0 Å². The van der Waals surface area contributed by atoms with Gasteiger partial charge in [-0.3, -0.25) is 4.79 Å². The van der Waals surface area contributed by atoms with Crippen molar-refractivity contribution in [1.29, 1.82) is 0 Å². The second-order valence-electron chi connectivity index (χ2n) is 8.50. The molecule has 1 unspecified atom stereocenters. The van der Waals surface area contributed by atoms with Crippen LogP contribution < -0.4 is 0 Å². The first kappa shape index (κ1) is 27.4. The van der Waals surface area contributed by atoms with Crippen molar-refractivity contribution in [2.45, 2.75) is 135 Å². The highest BCUT2D eigenvalue weighted by atomic mass is 16.3. The van der Waals surface area contributed by atoms with Gasteiger partial charge in [0.1, 0.15) is 0 Å². The molecule has 0 rings (SSSR count). The van der Waals surface area contributed by atoms with Crippen LogP contribution >= 0.6 is 0 Å². The van der Waals surface area contributed by atoms with E-state index >= 15 is 0 Å². The molecule has 0 aliphatic heterocycles. The second kappa shape index (κ2) is 18.4. The number of aliphatic hydroxyl groups is 2. The van der Waals surface area contributed by atoms with E-state index in [0.29, 0.717) is 6.42 Å². The lowest BCUT2D eigenvalue weighted by Gasteiger charge is -2.43. The number of unbranched alkanes of at least 4 members (excludes halogenated alkanes) is 12. The minimum atomic E-state index is -0.820. The summed E-state index contributed by atoms with van der Waals surface area (Å²) in [7, 11) is 0. The Kier molecular flexibility index (Phi) is 18.0. The lowest BCUT2D eigenvalue weighted by molar-refractivity contribution is -0.133. The van der Waals surface area contributed by atoms with E-state index in [-0.39, 0.29) is 19.3 Å². The van der Waals surface area contributed by atoms with E-state index in [9.17, 15) is 15.0 Å². The molecule has 0 aliphatic carbocycles. The van der Waals surface area contributed by atoms with E-state index in [1.807, 2.05) is 6.92 Å². The smallest absolute Gasteiger partial charge is 0.210 e. The standard InChI is InChI=1S/C24H49NO3/c1-4-7-8-9-10-11-12-13-14-15-16-17-18-19-23(5-2)25(22-28)24(6-3,20-26)21-27/h22-23,26-27H,4-21H2,1-3H3. The first-order valence-electron chi connectivity index (χ1n) is 12.1. The summed E-state index contributed by atoms with van der Waals surface area (Å²) in [5, 5.41) is 19.5. The molecule has 0 heterocycles. The van der Waals surface area contributed by atoms with E-state index in [1.165, 1.54) is 77.0 Å². The van der Waals surface area contributed by atoms with Crippen molar-refractivity contribution < 1.29 is 15.0 Å². The van der Waals surface area contributed by atoms with Crippen LogP contribution in [0.15, 0.2) is 0 Å². The Bertz CT molecular complexity index is 336. The van der Waals surface area contributed by atoms with Crippen LogP contribution in [0, 0.1) is 0 Å². The van der Waals surface area contributed by atoms with Crippen molar-refractivity contribution in [1.82, 2.24) is 4.90 Å². The summed E-state index contributed by atoms with van der Waals surface area (Å²) < 4.78 is 0. The molecule has 1 amide bonds. The largest absolute Gasteiger partial charge is 0.394 e. The maximum atomic E-state index is 11.7. The number of carbonyl (C=O) groups excluding carboxylic acids is 1. The predicted molar refractivity (Wildman–Crippen MR) is 119 cm³/mol. The number of aliphatic hydroxyl groups excluding tert-OH is 2. The van der Waals surface area contributed by atoms with Gasteiger partial charge in [0.2, 0.25) is 6.41 Å². The molecule has 0 fully saturated rings. The summed E-state index contributed by atoms with van der Waals surface area (Å²) in [5.41, 5.74) is -0.820. The van der Waals surface area contributed by atoms with Crippen molar-refractivity contribution in [2.75, 3.05) is 13.2 Å². The third-order valence-corrected chi connectivity index (χ3v) is 6.41. The normalized spacial score (nSPS) is 12.9. The van der Waals surface area contributed by atoms with Crippen LogP contribution in [0.25, 0.3) is 0 Å². The van der Waals surface area contributed by atoms with Gasteiger partial charge in [0, 0.05) is 6.04 Å². The average molecular weight is 400 g/mol. The molecule has 0 aromatic carbocycles. The van der Waals surface area contributed by atoms with Gasteiger partial charge in [-0.15, -0.1) is 0 Å². The van der Waals surface area contributed by atoms with Crippen LogP contribution in [0.1, 0.15) is 124 Å². The molecule has 0 spiro atoms. The predicted octanol–water partition coefficient (Wildman–Crippen LogP) is 5.84. The number of nitrogens with zero attached hydrogens (tertiary/aromatic N) is 1. The first-order valence-corrected chi connectivity index (χ1v) is 12.1. The minimum Gasteiger partial charge on any atom is -0.394 e. The highest BCUT2D eigenvalue weighted by Gasteiger charge is 2.36. The van der Waals surface area contributed by atoms with Crippen LogP contribution in [0.5, 0.6) is 0 Å². The summed E-state index contributed by atoms with van der Waals surface area (Å²) in [5.74, 6) is 0. The Balaban J connectivity index is 3.88.